The lowest BCUT2D eigenvalue weighted by molar-refractivity contribution is -0.131. The Morgan fingerprint density at radius 2 is 1.92 bits per heavy atom. The molecular weight excluding hydrogens is 334 g/mol. The quantitative estimate of drug-likeness (QED) is 0.612. The molecule has 2 heterocycles. The number of hydrogen-bond donors (Lipinski definition) is 0. The molecule has 0 unspecified atom stereocenters. The molecular formula is C19H21N3O2S. The number of nitrogens with zero attached hydrogens (tertiary/aromatic N) is 3. The zero-order valence-electron chi connectivity index (χ0n) is 14.2. The number of imidazole rings is 1. The van der Waals surface area contributed by atoms with Crippen LogP contribution < -0.4 is 5.69 Å². The third-order valence-corrected chi connectivity index (χ3v) is 5.02. The lowest BCUT2D eigenvalue weighted by Gasteiger charge is -2.20. The van der Waals surface area contributed by atoms with Crippen molar-refractivity contribution < 1.29 is 4.79 Å². The third kappa shape index (κ3) is 3.44. The SMILES string of the molecule is C=CCN(Cc1cccs1)C(=O)Cn1c(=O)n(CC)c2ccccc21. The van der Waals surface area contributed by atoms with Gasteiger partial charge in [-0.1, -0.05) is 24.3 Å². The Hall–Kier alpha value is -2.60. The molecule has 0 saturated heterocycles. The van der Waals surface area contributed by atoms with E-state index in [1.165, 1.54) is 0 Å². The largest absolute Gasteiger partial charge is 0.332 e. The fourth-order valence-electron chi connectivity index (χ4n) is 2.97. The molecule has 1 amide bonds. The average molecular weight is 355 g/mol. The van der Waals surface area contributed by atoms with Crippen molar-refractivity contribution in [1.29, 1.82) is 0 Å². The summed E-state index contributed by atoms with van der Waals surface area (Å²) in [4.78, 5) is 28.4. The second-order valence-corrected chi connectivity index (χ2v) is 6.78. The minimum Gasteiger partial charge on any atom is -0.332 e. The fraction of sp³-hybridized carbons (Fsp3) is 0.263. The summed E-state index contributed by atoms with van der Waals surface area (Å²) in [6, 6.07) is 11.6. The first kappa shape index (κ1) is 17.2. The number of para-hydroxylation sites is 2. The van der Waals surface area contributed by atoms with Gasteiger partial charge in [0.05, 0.1) is 17.6 Å². The van der Waals surface area contributed by atoms with Gasteiger partial charge in [0.1, 0.15) is 6.54 Å². The topological polar surface area (TPSA) is 47.2 Å². The highest BCUT2D eigenvalue weighted by molar-refractivity contribution is 7.09. The van der Waals surface area contributed by atoms with Crippen LogP contribution in [0.3, 0.4) is 0 Å². The number of fused-ring (bicyclic) bond motifs is 1. The van der Waals surface area contributed by atoms with Crippen molar-refractivity contribution in [3.8, 4) is 0 Å². The van der Waals surface area contributed by atoms with E-state index < -0.39 is 0 Å². The van der Waals surface area contributed by atoms with Crippen molar-refractivity contribution in [1.82, 2.24) is 14.0 Å². The summed E-state index contributed by atoms with van der Waals surface area (Å²) in [5.74, 6) is -0.0885. The van der Waals surface area contributed by atoms with Crippen LogP contribution in [0.4, 0.5) is 0 Å². The van der Waals surface area contributed by atoms with Gasteiger partial charge in [-0.2, -0.15) is 0 Å². The van der Waals surface area contributed by atoms with Gasteiger partial charge in [0.2, 0.25) is 5.91 Å². The van der Waals surface area contributed by atoms with Crippen molar-refractivity contribution in [2.75, 3.05) is 6.54 Å². The number of benzene rings is 1. The van der Waals surface area contributed by atoms with Gasteiger partial charge < -0.3 is 4.90 Å². The Bertz CT molecular complexity index is 937. The Morgan fingerprint density at radius 1 is 1.20 bits per heavy atom. The van der Waals surface area contributed by atoms with Gasteiger partial charge >= 0.3 is 5.69 Å². The first-order chi connectivity index (χ1) is 12.2. The highest BCUT2D eigenvalue weighted by Gasteiger charge is 2.18. The Balaban J connectivity index is 1.91. The molecule has 0 atom stereocenters. The molecule has 6 heteroatoms. The Kier molecular flexibility index (Phi) is 5.19. The molecule has 0 spiro atoms. The van der Waals surface area contributed by atoms with Gasteiger partial charge in [0.25, 0.3) is 0 Å². The lowest BCUT2D eigenvalue weighted by Crippen LogP contribution is -2.36. The molecule has 0 bridgehead atoms. The van der Waals surface area contributed by atoms with Gasteiger partial charge in [-0.05, 0) is 30.5 Å². The second kappa shape index (κ2) is 7.53. The van der Waals surface area contributed by atoms with Crippen LogP contribution in [-0.4, -0.2) is 26.5 Å². The minimum absolute atomic E-state index is 0.0333. The molecule has 0 saturated carbocycles. The highest BCUT2D eigenvalue weighted by Crippen LogP contribution is 2.15. The summed E-state index contributed by atoms with van der Waals surface area (Å²) < 4.78 is 3.26. The number of thiophene rings is 1. The molecule has 130 valence electrons. The van der Waals surface area contributed by atoms with E-state index in [0.717, 1.165) is 15.9 Å². The molecule has 2 aromatic heterocycles. The van der Waals surface area contributed by atoms with Gasteiger partial charge in [0, 0.05) is 18.0 Å². The zero-order valence-corrected chi connectivity index (χ0v) is 15.0. The normalized spacial score (nSPS) is 10.9. The number of rotatable bonds is 7. The predicted molar refractivity (Wildman–Crippen MR) is 102 cm³/mol. The molecule has 0 aliphatic heterocycles. The second-order valence-electron chi connectivity index (χ2n) is 5.74. The molecule has 3 rings (SSSR count). The Labute approximate surface area is 150 Å². The predicted octanol–water partition coefficient (Wildman–Crippen LogP) is 3.10. The van der Waals surface area contributed by atoms with E-state index in [1.807, 2.05) is 48.7 Å². The maximum atomic E-state index is 12.8. The maximum Gasteiger partial charge on any atom is 0.329 e. The molecule has 3 aromatic rings. The first-order valence-electron chi connectivity index (χ1n) is 8.24. The van der Waals surface area contributed by atoms with Gasteiger partial charge in [-0.25, -0.2) is 4.79 Å². The van der Waals surface area contributed by atoms with Crippen molar-refractivity contribution in [3.05, 3.63) is 69.8 Å². The van der Waals surface area contributed by atoms with Crippen LogP contribution in [0.1, 0.15) is 11.8 Å². The number of aryl methyl sites for hydroxylation is 1. The van der Waals surface area contributed by atoms with Crippen molar-refractivity contribution >= 4 is 28.3 Å². The van der Waals surface area contributed by atoms with E-state index in [2.05, 4.69) is 6.58 Å². The van der Waals surface area contributed by atoms with Crippen LogP contribution >= 0.6 is 11.3 Å². The van der Waals surface area contributed by atoms with Gasteiger partial charge in [0.15, 0.2) is 0 Å². The Morgan fingerprint density at radius 3 is 2.52 bits per heavy atom. The smallest absolute Gasteiger partial charge is 0.329 e. The summed E-state index contributed by atoms with van der Waals surface area (Å²) in [7, 11) is 0. The minimum atomic E-state index is -0.147. The van der Waals surface area contributed by atoms with E-state index >= 15 is 0 Å². The number of carbonyl (C=O) groups is 1. The zero-order chi connectivity index (χ0) is 17.8. The van der Waals surface area contributed by atoms with Crippen LogP contribution in [0.25, 0.3) is 11.0 Å². The standard InChI is InChI=1S/C19H21N3O2S/c1-3-11-20(13-15-8-7-12-25-15)18(23)14-22-17-10-6-5-9-16(17)21(4-2)19(22)24/h3,5-10,12H,1,4,11,13-14H2,2H3. The monoisotopic (exact) mass is 355 g/mol. The summed E-state index contributed by atoms with van der Waals surface area (Å²) in [6.45, 7) is 7.27. The molecule has 25 heavy (non-hydrogen) atoms. The molecule has 0 radical (unpaired) electrons. The molecule has 1 aromatic carbocycles. The summed E-state index contributed by atoms with van der Waals surface area (Å²) in [5.41, 5.74) is 1.50. The summed E-state index contributed by atoms with van der Waals surface area (Å²) >= 11 is 1.61. The molecule has 0 N–H and O–H groups in total. The summed E-state index contributed by atoms with van der Waals surface area (Å²) in [6.07, 6.45) is 1.71. The van der Waals surface area contributed by atoms with Crippen LogP contribution in [-0.2, 0) is 24.4 Å². The first-order valence-corrected chi connectivity index (χ1v) is 9.12. The van der Waals surface area contributed by atoms with E-state index in [4.69, 9.17) is 0 Å². The van der Waals surface area contributed by atoms with E-state index in [1.54, 1.807) is 31.4 Å². The van der Waals surface area contributed by atoms with Crippen LogP contribution in [0, 0.1) is 0 Å². The van der Waals surface area contributed by atoms with Crippen LogP contribution in [0.5, 0.6) is 0 Å². The van der Waals surface area contributed by atoms with Crippen LogP contribution in [0.2, 0.25) is 0 Å². The van der Waals surface area contributed by atoms with E-state index in [-0.39, 0.29) is 18.1 Å². The summed E-state index contributed by atoms with van der Waals surface area (Å²) in [5, 5.41) is 1.99. The lowest BCUT2D eigenvalue weighted by atomic mass is 10.3. The number of carbonyl (C=O) groups excluding carboxylic acids is 1. The van der Waals surface area contributed by atoms with E-state index in [0.29, 0.717) is 19.6 Å². The molecule has 0 fully saturated rings. The molecule has 5 nitrogen and oxygen atoms in total. The maximum absolute atomic E-state index is 12.8. The van der Waals surface area contributed by atoms with Crippen molar-refractivity contribution in [2.45, 2.75) is 26.6 Å². The average Bonchev–Trinajstić information content (AvgIpc) is 3.21. The number of aromatic nitrogens is 2. The molecule has 0 aliphatic carbocycles. The van der Waals surface area contributed by atoms with Crippen LogP contribution in [0.15, 0.2) is 59.2 Å². The van der Waals surface area contributed by atoms with Gasteiger partial charge in [-0.3, -0.25) is 13.9 Å². The fourth-order valence-corrected chi connectivity index (χ4v) is 3.69. The van der Waals surface area contributed by atoms with E-state index in [9.17, 15) is 9.59 Å². The molecule has 0 aliphatic rings. The number of amides is 1. The number of hydrogen-bond acceptors (Lipinski definition) is 3. The third-order valence-electron chi connectivity index (χ3n) is 4.16. The van der Waals surface area contributed by atoms with Crippen molar-refractivity contribution in [3.63, 3.8) is 0 Å². The van der Waals surface area contributed by atoms with Crippen molar-refractivity contribution in [2.24, 2.45) is 0 Å². The van der Waals surface area contributed by atoms with Gasteiger partial charge in [-0.15, -0.1) is 17.9 Å². The highest BCUT2D eigenvalue weighted by atomic mass is 32.1.